The van der Waals surface area contributed by atoms with E-state index in [1.165, 1.54) is 18.6 Å². The van der Waals surface area contributed by atoms with Gasteiger partial charge in [0.15, 0.2) is 0 Å². The molecule has 1 heterocycles. The van der Waals surface area contributed by atoms with E-state index in [-0.39, 0.29) is 16.6 Å². The Morgan fingerprint density at radius 2 is 2.16 bits per heavy atom. The highest BCUT2D eigenvalue weighted by Gasteiger charge is 2.11. The van der Waals surface area contributed by atoms with Gasteiger partial charge in [0.1, 0.15) is 11.0 Å². The Morgan fingerprint density at radius 1 is 1.42 bits per heavy atom. The van der Waals surface area contributed by atoms with Gasteiger partial charge in [-0.2, -0.15) is 11.8 Å². The van der Waals surface area contributed by atoms with Gasteiger partial charge >= 0.3 is 0 Å². The number of hydrogen-bond donors (Lipinski definition) is 1. The monoisotopic (exact) mass is 304 g/mol. The SMILES string of the molecule is CSCCCCCCNC(=O)c1cc(F)cnc1Cl. The van der Waals surface area contributed by atoms with Crippen LogP contribution in [0.1, 0.15) is 36.0 Å². The minimum absolute atomic E-state index is 0.0267. The lowest BCUT2D eigenvalue weighted by atomic mass is 10.2. The summed E-state index contributed by atoms with van der Waals surface area (Å²) in [4.78, 5) is 15.4. The van der Waals surface area contributed by atoms with E-state index in [4.69, 9.17) is 11.6 Å². The molecule has 19 heavy (non-hydrogen) atoms. The second-order valence-electron chi connectivity index (χ2n) is 4.15. The molecule has 0 aliphatic carbocycles. The average Bonchev–Trinajstić information content (AvgIpc) is 2.40. The molecule has 0 aromatic carbocycles. The number of carbonyl (C=O) groups is 1. The predicted molar refractivity (Wildman–Crippen MR) is 78.4 cm³/mol. The molecule has 3 nitrogen and oxygen atoms in total. The molecule has 1 N–H and O–H groups in total. The Bertz CT molecular complexity index is 418. The molecule has 0 aliphatic heterocycles. The molecule has 0 spiro atoms. The third-order valence-corrected chi connectivity index (χ3v) is 3.61. The lowest BCUT2D eigenvalue weighted by Crippen LogP contribution is -2.25. The van der Waals surface area contributed by atoms with Crippen molar-refractivity contribution in [3.8, 4) is 0 Å². The number of nitrogens with zero attached hydrogens (tertiary/aromatic N) is 1. The van der Waals surface area contributed by atoms with Crippen LogP contribution in [0.5, 0.6) is 0 Å². The van der Waals surface area contributed by atoms with E-state index >= 15 is 0 Å². The van der Waals surface area contributed by atoms with Gasteiger partial charge in [-0.15, -0.1) is 0 Å². The zero-order valence-corrected chi connectivity index (χ0v) is 12.5. The summed E-state index contributed by atoms with van der Waals surface area (Å²) in [5.74, 6) is 0.240. The molecule has 6 heteroatoms. The lowest BCUT2D eigenvalue weighted by Gasteiger charge is -2.06. The molecule has 0 saturated heterocycles. The minimum atomic E-state index is -0.563. The third kappa shape index (κ3) is 6.25. The average molecular weight is 305 g/mol. The van der Waals surface area contributed by atoms with Crippen LogP contribution in [-0.4, -0.2) is 29.4 Å². The number of nitrogens with one attached hydrogen (secondary N) is 1. The second kappa shape index (κ2) is 9.15. The van der Waals surface area contributed by atoms with Crippen LogP contribution in [0.15, 0.2) is 12.3 Å². The molecule has 1 aromatic rings. The van der Waals surface area contributed by atoms with Crippen LogP contribution in [-0.2, 0) is 0 Å². The van der Waals surface area contributed by atoms with E-state index in [9.17, 15) is 9.18 Å². The summed E-state index contributed by atoms with van der Waals surface area (Å²) in [5, 5.41) is 2.75. The van der Waals surface area contributed by atoms with Crippen molar-refractivity contribution in [3.63, 3.8) is 0 Å². The first kappa shape index (κ1) is 16.2. The summed E-state index contributed by atoms with van der Waals surface area (Å²) >= 11 is 7.59. The Kier molecular flexibility index (Phi) is 7.82. The van der Waals surface area contributed by atoms with Crippen molar-refractivity contribution >= 4 is 29.3 Å². The number of unbranched alkanes of at least 4 members (excludes halogenated alkanes) is 3. The van der Waals surface area contributed by atoms with Crippen molar-refractivity contribution in [3.05, 3.63) is 28.8 Å². The van der Waals surface area contributed by atoms with Crippen LogP contribution >= 0.6 is 23.4 Å². The van der Waals surface area contributed by atoms with Gasteiger partial charge in [0, 0.05) is 6.54 Å². The van der Waals surface area contributed by atoms with Crippen LogP contribution in [0.2, 0.25) is 5.15 Å². The fraction of sp³-hybridized carbons (Fsp3) is 0.538. The van der Waals surface area contributed by atoms with Crippen LogP contribution < -0.4 is 5.32 Å². The lowest BCUT2D eigenvalue weighted by molar-refractivity contribution is 0.0952. The molecule has 0 fully saturated rings. The number of aromatic nitrogens is 1. The Labute approximate surface area is 122 Å². The van der Waals surface area contributed by atoms with E-state index in [1.54, 1.807) is 0 Å². The fourth-order valence-corrected chi connectivity index (χ4v) is 2.29. The standard InChI is InChI=1S/C13H18ClFN2OS/c1-19-7-5-3-2-4-6-16-13(18)11-8-10(15)9-17-12(11)14/h8-9H,2-7H2,1H3,(H,16,18). The quantitative estimate of drug-likeness (QED) is 0.590. The summed E-state index contributed by atoms with van der Waals surface area (Å²) < 4.78 is 13.0. The molecule has 0 saturated carbocycles. The maximum Gasteiger partial charge on any atom is 0.254 e. The summed E-state index contributed by atoms with van der Waals surface area (Å²) in [6, 6.07) is 1.10. The van der Waals surface area contributed by atoms with Crippen molar-refractivity contribution in [1.29, 1.82) is 0 Å². The van der Waals surface area contributed by atoms with Crippen LogP contribution in [0.25, 0.3) is 0 Å². The number of halogens is 2. The molecule has 0 radical (unpaired) electrons. The molecule has 0 aliphatic rings. The number of carbonyl (C=O) groups excluding carboxylic acids is 1. The number of thioether (sulfide) groups is 1. The largest absolute Gasteiger partial charge is 0.352 e. The smallest absolute Gasteiger partial charge is 0.254 e. The highest BCUT2D eigenvalue weighted by atomic mass is 35.5. The first-order valence-corrected chi connectivity index (χ1v) is 8.00. The summed E-state index contributed by atoms with van der Waals surface area (Å²) in [7, 11) is 0. The number of pyridine rings is 1. The molecule has 0 unspecified atom stereocenters. The normalized spacial score (nSPS) is 10.5. The van der Waals surface area contributed by atoms with Gasteiger partial charge in [-0.3, -0.25) is 4.79 Å². The van der Waals surface area contributed by atoms with E-state index < -0.39 is 5.82 Å². The molecule has 0 atom stereocenters. The topological polar surface area (TPSA) is 42.0 Å². The van der Waals surface area contributed by atoms with E-state index in [0.29, 0.717) is 6.54 Å². The highest BCUT2D eigenvalue weighted by molar-refractivity contribution is 7.98. The summed E-state index contributed by atoms with van der Waals surface area (Å²) in [5.41, 5.74) is 0.0871. The fourth-order valence-electron chi connectivity index (χ4n) is 1.60. The van der Waals surface area contributed by atoms with E-state index in [0.717, 1.165) is 25.1 Å². The zero-order valence-electron chi connectivity index (χ0n) is 10.9. The molecular formula is C13H18ClFN2OS. The molecule has 1 amide bonds. The Balaban J connectivity index is 2.26. The predicted octanol–water partition coefficient (Wildman–Crippen LogP) is 3.53. The Hall–Kier alpha value is -0.810. The number of hydrogen-bond acceptors (Lipinski definition) is 3. The van der Waals surface area contributed by atoms with Gasteiger partial charge in [-0.25, -0.2) is 9.37 Å². The first-order valence-electron chi connectivity index (χ1n) is 6.23. The van der Waals surface area contributed by atoms with Crippen molar-refractivity contribution in [2.24, 2.45) is 0 Å². The minimum Gasteiger partial charge on any atom is -0.352 e. The molecular weight excluding hydrogens is 287 g/mol. The number of amides is 1. The van der Waals surface area contributed by atoms with Crippen molar-refractivity contribution in [2.75, 3.05) is 18.6 Å². The van der Waals surface area contributed by atoms with Crippen LogP contribution in [0, 0.1) is 5.82 Å². The molecule has 0 bridgehead atoms. The van der Waals surface area contributed by atoms with E-state index in [2.05, 4.69) is 16.6 Å². The molecule has 1 rings (SSSR count). The molecule has 106 valence electrons. The van der Waals surface area contributed by atoms with Crippen molar-refractivity contribution in [2.45, 2.75) is 25.7 Å². The van der Waals surface area contributed by atoms with Crippen LogP contribution in [0.3, 0.4) is 0 Å². The summed E-state index contributed by atoms with van der Waals surface area (Å²) in [6.45, 7) is 0.574. The van der Waals surface area contributed by atoms with Gasteiger partial charge in [0.2, 0.25) is 0 Å². The van der Waals surface area contributed by atoms with E-state index in [1.807, 2.05) is 11.8 Å². The zero-order chi connectivity index (χ0) is 14.1. The first-order chi connectivity index (χ1) is 9.15. The van der Waals surface area contributed by atoms with Gasteiger partial charge in [0.25, 0.3) is 5.91 Å². The maximum absolute atomic E-state index is 13.0. The van der Waals surface area contributed by atoms with Crippen molar-refractivity contribution in [1.82, 2.24) is 10.3 Å². The van der Waals surface area contributed by atoms with Gasteiger partial charge in [0.05, 0.1) is 11.8 Å². The second-order valence-corrected chi connectivity index (χ2v) is 5.50. The third-order valence-electron chi connectivity index (χ3n) is 2.61. The highest BCUT2D eigenvalue weighted by Crippen LogP contribution is 2.13. The van der Waals surface area contributed by atoms with Crippen LogP contribution in [0.4, 0.5) is 4.39 Å². The van der Waals surface area contributed by atoms with Crippen molar-refractivity contribution < 1.29 is 9.18 Å². The summed E-state index contributed by atoms with van der Waals surface area (Å²) in [6.07, 6.45) is 7.45. The number of rotatable bonds is 8. The van der Waals surface area contributed by atoms with Gasteiger partial charge in [-0.05, 0) is 30.9 Å². The van der Waals surface area contributed by atoms with Gasteiger partial charge < -0.3 is 5.32 Å². The Morgan fingerprint density at radius 3 is 2.89 bits per heavy atom. The van der Waals surface area contributed by atoms with Gasteiger partial charge in [-0.1, -0.05) is 24.4 Å². The maximum atomic E-state index is 13.0. The molecule has 1 aromatic heterocycles.